The molecule has 2 atom stereocenters. The summed E-state index contributed by atoms with van der Waals surface area (Å²) in [6.45, 7) is 0.510. The van der Waals surface area contributed by atoms with Gasteiger partial charge < -0.3 is 19.7 Å². The van der Waals surface area contributed by atoms with E-state index in [1.165, 1.54) is 12.1 Å². The van der Waals surface area contributed by atoms with Crippen molar-refractivity contribution in [3.05, 3.63) is 88.9 Å². The van der Waals surface area contributed by atoms with Crippen molar-refractivity contribution < 1.29 is 42.4 Å². The lowest BCUT2D eigenvalue weighted by Gasteiger charge is -2.17. The summed E-state index contributed by atoms with van der Waals surface area (Å²) in [4.78, 5) is 47.8. The summed E-state index contributed by atoms with van der Waals surface area (Å²) in [6, 6.07) is 19.9. The van der Waals surface area contributed by atoms with Crippen LogP contribution in [-0.2, 0) is 18.4 Å². The van der Waals surface area contributed by atoms with Crippen LogP contribution in [0.3, 0.4) is 0 Å². The first-order valence-electron chi connectivity index (χ1n) is 12.2. The van der Waals surface area contributed by atoms with Gasteiger partial charge in [0.05, 0.1) is 30.9 Å². The Labute approximate surface area is 235 Å². The van der Waals surface area contributed by atoms with Crippen molar-refractivity contribution in [2.24, 2.45) is 0 Å². The molecule has 2 unspecified atom stereocenters. The van der Waals surface area contributed by atoms with Crippen LogP contribution in [0.5, 0.6) is 17.2 Å². The van der Waals surface area contributed by atoms with Gasteiger partial charge in [0, 0.05) is 11.6 Å². The summed E-state index contributed by atoms with van der Waals surface area (Å²) >= 11 is 5.87. The predicted octanol–water partition coefficient (Wildman–Crippen LogP) is 4.45. The second-order valence-electron chi connectivity index (χ2n) is 8.52. The SMILES string of the molecule is CC(Oc1ccc(Oc2ccc(Cl)cc2)cc1)C(=O)NCCOP(=O)(O)OCCN1C(=O)c2ccccc2C1=O. The zero-order valence-corrected chi connectivity index (χ0v) is 23.0. The number of nitrogens with zero attached hydrogens (tertiary/aromatic N) is 1. The number of fused-ring (bicyclic) bond motifs is 1. The molecular weight excluding hydrogens is 563 g/mol. The number of hydrogen-bond acceptors (Lipinski definition) is 8. The van der Waals surface area contributed by atoms with Crippen molar-refractivity contribution >= 4 is 37.1 Å². The Hall–Kier alpha value is -3.73. The average molecular weight is 589 g/mol. The van der Waals surface area contributed by atoms with Crippen LogP contribution in [-0.4, -0.2) is 59.9 Å². The highest BCUT2D eigenvalue weighted by Crippen LogP contribution is 2.42. The highest BCUT2D eigenvalue weighted by Gasteiger charge is 2.35. The lowest BCUT2D eigenvalue weighted by molar-refractivity contribution is -0.127. The zero-order chi connectivity index (χ0) is 28.7. The van der Waals surface area contributed by atoms with Crippen LogP contribution in [0.2, 0.25) is 5.02 Å². The van der Waals surface area contributed by atoms with Crippen molar-refractivity contribution in [2.75, 3.05) is 26.3 Å². The number of ether oxygens (including phenoxy) is 2. The molecule has 40 heavy (non-hydrogen) atoms. The smallest absolute Gasteiger partial charge is 0.472 e. The Morgan fingerprint density at radius 2 is 1.43 bits per heavy atom. The van der Waals surface area contributed by atoms with Gasteiger partial charge in [-0.15, -0.1) is 0 Å². The average Bonchev–Trinajstić information content (AvgIpc) is 3.18. The van der Waals surface area contributed by atoms with Crippen LogP contribution in [0.4, 0.5) is 0 Å². The van der Waals surface area contributed by atoms with Crippen molar-refractivity contribution in [2.45, 2.75) is 13.0 Å². The van der Waals surface area contributed by atoms with Crippen LogP contribution >= 0.6 is 19.4 Å². The van der Waals surface area contributed by atoms with Gasteiger partial charge in [-0.3, -0.25) is 28.3 Å². The molecule has 0 aromatic heterocycles. The van der Waals surface area contributed by atoms with Crippen LogP contribution in [0.15, 0.2) is 72.8 Å². The van der Waals surface area contributed by atoms with Gasteiger partial charge in [-0.1, -0.05) is 23.7 Å². The van der Waals surface area contributed by atoms with Gasteiger partial charge in [0.2, 0.25) is 0 Å². The molecule has 0 bridgehead atoms. The third-order valence-electron chi connectivity index (χ3n) is 5.66. The van der Waals surface area contributed by atoms with E-state index in [-0.39, 0.29) is 30.8 Å². The van der Waals surface area contributed by atoms with Gasteiger partial charge in [-0.05, 0) is 67.6 Å². The molecule has 3 amide bonds. The fourth-order valence-electron chi connectivity index (χ4n) is 3.69. The Morgan fingerprint density at radius 1 is 0.900 bits per heavy atom. The highest BCUT2D eigenvalue weighted by atomic mass is 35.5. The maximum atomic E-state index is 12.3. The van der Waals surface area contributed by atoms with Gasteiger partial charge in [0.15, 0.2) is 6.10 Å². The maximum absolute atomic E-state index is 12.3. The van der Waals surface area contributed by atoms with Gasteiger partial charge in [0.25, 0.3) is 17.7 Å². The fraction of sp³-hybridized carbons (Fsp3) is 0.222. The Balaban J connectivity index is 1.13. The van der Waals surface area contributed by atoms with Gasteiger partial charge >= 0.3 is 7.82 Å². The number of halogens is 1. The lowest BCUT2D eigenvalue weighted by atomic mass is 10.1. The van der Waals surface area contributed by atoms with E-state index in [4.69, 9.17) is 30.1 Å². The van der Waals surface area contributed by atoms with E-state index < -0.39 is 38.3 Å². The summed E-state index contributed by atoms with van der Waals surface area (Å²) in [5.41, 5.74) is 0.537. The number of rotatable bonds is 13. The number of phosphoric acid groups is 1. The van der Waals surface area contributed by atoms with Crippen LogP contribution in [0.1, 0.15) is 27.6 Å². The highest BCUT2D eigenvalue weighted by molar-refractivity contribution is 7.47. The van der Waals surface area contributed by atoms with Gasteiger partial charge in [-0.2, -0.15) is 0 Å². The molecule has 3 aromatic rings. The topological polar surface area (TPSA) is 141 Å². The Morgan fingerprint density at radius 3 is 2.02 bits per heavy atom. The molecule has 3 aromatic carbocycles. The van der Waals surface area contributed by atoms with Gasteiger partial charge in [-0.25, -0.2) is 4.57 Å². The van der Waals surface area contributed by atoms with E-state index >= 15 is 0 Å². The van der Waals surface area contributed by atoms with E-state index in [0.717, 1.165) is 4.90 Å². The molecule has 13 heteroatoms. The number of phosphoric ester groups is 1. The minimum Gasteiger partial charge on any atom is -0.481 e. The number of nitrogens with one attached hydrogen (secondary N) is 1. The molecule has 0 fully saturated rings. The number of benzene rings is 3. The lowest BCUT2D eigenvalue weighted by Crippen LogP contribution is -2.38. The number of carbonyl (C=O) groups is 3. The second kappa shape index (κ2) is 13.1. The number of carbonyl (C=O) groups excluding carboxylic acids is 3. The van der Waals surface area contributed by atoms with Crippen LogP contribution in [0, 0.1) is 0 Å². The molecule has 0 spiro atoms. The normalized spacial score (nSPS) is 14.8. The van der Waals surface area contributed by atoms with Crippen LogP contribution < -0.4 is 14.8 Å². The molecule has 1 aliphatic heterocycles. The van der Waals surface area contributed by atoms with Crippen molar-refractivity contribution in [1.29, 1.82) is 0 Å². The summed E-state index contributed by atoms with van der Waals surface area (Å²) in [6.07, 6.45) is -0.861. The minimum atomic E-state index is -4.48. The minimum absolute atomic E-state index is 0.0906. The number of imide groups is 1. The molecule has 0 saturated heterocycles. The maximum Gasteiger partial charge on any atom is 0.472 e. The molecule has 1 aliphatic rings. The fourth-order valence-corrected chi connectivity index (χ4v) is 4.52. The molecule has 11 nitrogen and oxygen atoms in total. The second-order valence-corrected chi connectivity index (χ2v) is 10.4. The van der Waals surface area contributed by atoms with Gasteiger partial charge in [0.1, 0.15) is 17.2 Å². The predicted molar refractivity (Wildman–Crippen MR) is 145 cm³/mol. The monoisotopic (exact) mass is 588 g/mol. The summed E-state index contributed by atoms with van der Waals surface area (Å²) in [5.74, 6) is 0.160. The summed E-state index contributed by atoms with van der Waals surface area (Å²) in [5, 5.41) is 3.14. The van der Waals surface area contributed by atoms with E-state index in [1.54, 1.807) is 67.6 Å². The molecular formula is C27H26ClN2O9P. The number of amides is 3. The summed E-state index contributed by atoms with van der Waals surface area (Å²) in [7, 11) is -4.48. The van der Waals surface area contributed by atoms with E-state index in [2.05, 4.69) is 5.32 Å². The summed E-state index contributed by atoms with van der Waals surface area (Å²) < 4.78 is 33.2. The number of hydrogen-bond donors (Lipinski definition) is 2. The third-order valence-corrected chi connectivity index (χ3v) is 6.93. The first-order chi connectivity index (χ1) is 19.1. The molecule has 0 aliphatic carbocycles. The first kappa shape index (κ1) is 29.3. The van der Waals surface area contributed by atoms with Crippen molar-refractivity contribution in [3.63, 3.8) is 0 Å². The molecule has 2 N–H and O–H groups in total. The first-order valence-corrected chi connectivity index (χ1v) is 14.1. The van der Waals surface area contributed by atoms with E-state index in [0.29, 0.717) is 22.3 Å². The molecule has 1 heterocycles. The van der Waals surface area contributed by atoms with Crippen molar-refractivity contribution in [3.8, 4) is 17.2 Å². The Kier molecular flexibility index (Phi) is 9.57. The van der Waals surface area contributed by atoms with Crippen LogP contribution in [0.25, 0.3) is 0 Å². The third kappa shape index (κ3) is 7.68. The molecule has 0 radical (unpaired) electrons. The molecule has 0 saturated carbocycles. The van der Waals surface area contributed by atoms with Crippen molar-refractivity contribution in [1.82, 2.24) is 10.2 Å². The molecule has 210 valence electrons. The Bertz CT molecular complexity index is 1380. The van der Waals surface area contributed by atoms with E-state index in [1.807, 2.05) is 0 Å². The standard InChI is InChI=1S/C27H26ClN2O9P/c1-18(38-20-10-12-22(13-11-20)39-21-8-6-19(28)7-9-21)25(31)29-14-16-36-40(34,35)37-17-15-30-26(32)23-4-2-3-5-24(23)27(30)33/h2-13,18H,14-17H2,1H3,(H,29,31)(H,34,35). The quantitative estimate of drug-likeness (QED) is 0.168. The molecule has 4 rings (SSSR count). The van der Waals surface area contributed by atoms with E-state index in [9.17, 15) is 23.8 Å². The largest absolute Gasteiger partial charge is 0.481 e. The zero-order valence-electron chi connectivity index (χ0n) is 21.3.